The predicted octanol–water partition coefficient (Wildman–Crippen LogP) is 6.64. The molecule has 0 aliphatic heterocycles. The average Bonchev–Trinajstić information content (AvgIpc) is 2.75. The highest BCUT2D eigenvalue weighted by Crippen LogP contribution is 2.38. The summed E-state index contributed by atoms with van der Waals surface area (Å²) in [5, 5.41) is 4.25. The largest absolute Gasteiger partial charge is 0.330 e. The van der Waals surface area contributed by atoms with E-state index in [1.165, 1.54) is 10.3 Å². The summed E-state index contributed by atoms with van der Waals surface area (Å²) >= 11 is 12.2. The van der Waals surface area contributed by atoms with E-state index in [0.29, 0.717) is 0 Å². The number of nitrogens with zero attached hydrogens (tertiary/aromatic N) is 1. The first-order chi connectivity index (χ1) is 9.52. The first kappa shape index (κ1) is 14.5. The van der Waals surface area contributed by atoms with Gasteiger partial charge in [0.15, 0.2) is 5.13 Å². The van der Waals surface area contributed by atoms with Crippen molar-refractivity contribution in [3.63, 3.8) is 0 Å². The number of rotatable bonds is 2. The Balaban J connectivity index is 2.01. The number of benzene rings is 2. The van der Waals surface area contributed by atoms with Gasteiger partial charge in [0.05, 0.1) is 15.9 Å². The van der Waals surface area contributed by atoms with Gasteiger partial charge in [-0.1, -0.05) is 33.3 Å². The van der Waals surface area contributed by atoms with Gasteiger partial charge in [0, 0.05) is 13.4 Å². The molecule has 0 unspecified atom stereocenters. The third-order valence-corrected chi connectivity index (χ3v) is 5.44. The van der Waals surface area contributed by atoms with E-state index in [-0.39, 0.29) is 0 Å². The number of hydrogen-bond acceptors (Lipinski definition) is 3. The molecule has 0 aliphatic carbocycles. The molecule has 0 saturated heterocycles. The summed E-state index contributed by atoms with van der Waals surface area (Å²) in [7, 11) is 0. The summed E-state index contributed by atoms with van der Waals surface area (Å²) in [4.78, 5) is 4.63. The monoisotopic (exact) mass is 474 g/mol. The van der Waals surface area contributed by atoms with Gasteiger partial charge < -0.3 is 5.32 Å². The van der Waals surface area contributed by atoms with E-state index < -0.39 is 0 Å². The second-order valence-electron chi connectivity index (χ2n) is 4.36. The van der Waals surface area contributed by atoms with Crippen LogP contribution in [-0.4, -0.2) is 4.98 Å². The predicted molar refractivity (Wildman–Crippen MR) is 97.2 cm³/mol. The second kappa shape index (κ2) is 5.75. The summed E-state index contributed by atoms with van der Waals surface area (Å²) in [6.45, 7) is 2.08. The summed E-state index contributed by atoms with van der Waals surface area (Å²) in [5.74, 6) is 0. The average molecular weight is 477 g/mol. The molecule has 3 aromatic rings. The van der Waals surface area contributed by atoms with Crippen LogP contribution in [0, 0.1) is 6.92 Å². The molecule has 0 fully saturated rings. The highest BCUT2D eigenvalue weighted by atomic mass is 79.9. The SMILES string of the molecule is Cc1ccc2sc(Nc3c(Br)cc(Br)cc3Br)nc2c1. The summed E-state index contributed by atoms with van der Waals surface area (Å²) in [5.41, 5.74) is 3.23. The lowest BCUT2D eigenvalue weighted by molar-refractivity contribution is 1.40. The van der Waals surface area contributed by atoms with Crippen molar-refractivity contribution in [1.29, 1.82) is 0 Å². The van der Waals surface area contributed by atoms with Gasteiger partial charge >= 0.3 is 0 Å². The number of thiazole rings is 1. The van der Waals surface area contributed by atoms with Crippen LogP contribution in [0.1, 0.15) is 5.56 Å². The molecule has 0 bridgehead atoms. The minimum atomic E-state index is 0.884. The van der Waals surface area contributed by atoms with E-state index in [4.69, 9.17) is 0 Å². The lowest BCUT2D eigenvalue weighted by Crippen LogP contribution is -1.92. The lowest BCUT2D eigenvalue weighted by atomic mass is 10.2. The van der Waals surface area contributed by atoms with Crippen LogP contribution in [0.3, 0.4) is 0 Å². The third-order valence-electron chi connectivity index (χ3n) is 2.78. The van der Waals surface area contributed by atoms with Gasteiger partial charge in [0.25, 0.3) is 0 Å². The van der Waals surface area contributed by atoms with Gasteiger partial charge in [-0.3, -0.25) is 0 Å². The molecule has 1 heterocycles. The molecule has 0 amide bonds. The standard InChI is InChI=1S/C14H9Br3N2S/c1-7-2-3-12-11(4-7)18-14(20-12)19-13-9(16)5-8(15)6-10(13)17/h2-6H,1H3,(H,18,19). The molecule has 0 aliphatic rings. The Morgan fingerprint density at radius 2 is 1.75 bits per heavy atom. The van der Waals surface area contributed by atoms with Crippen molar-refractivity contribution in [3.05, 3.63) is 49.3 Å². The van der Waals surface area contributed by atoms with Crippen molar-refractivity contribution in [2.24, 2.45) is 0 Å². The minimum Gasteiger partial charge on any atom is -0.330 e. The van der Waals surface area contributed by atoms with Gasteiger partial charge in [-0.25, -0.2) is 4.98 Å². The van der Waals surface area contributed by atoms with Crippen molar-refractivity contribution >= 4 is 80.2 Å². The maximum Gasteiger partial charge on any atom is 0.188 e. The van der Waals surface area contributed by atoms with E-state index in [2.05, 4.69) is 83.2 Å². The van der Waals surface area contributed by atoms with Crippen molar-refractivity contribution in [1.82, 2.24) is 4.98 Å². The van der Waals surface area contributed by atoms with Crippen molar-refractivity contribution in [3.8, 4) is 0 Å². The molecule has 0 spiro atoms. The van der Waals surface area contributed by atoms with E-state index in [1.807, 2.05) is 12.1 Å². The van der Waals surface area contributed by atoms with Gasteiger partial charge in [-0.05, 0) is 68.6 Å². The molecule has 102 valence electrons. The number of aromatic nitrogens is 1. The lowest BCUT2D eigenvalue weighted by Gasteiger charge is -2.08. The molecule has 0 atom stereocenters. The molecule has 1 N–H and O–H groups in total. The first-order valence-electron chi connectivity index (χ1n) is 5.82. The maximum atomic E-state index is 4.63. The molecular formula is C14H9Br3N2S. The summed E-state index contributed by atoms with van der Waals surface area (Å²) < 4.78 is 4.16. The van der Waals surface area contributed by atoms with Gasteiger partial charge in [0.1, 0.15) is 0 Å². The third kappa shape index (κ3) is 2.93. The van der Waals surface area contributed by atoms with Crippen LogP contribution in [0.15, 0.2) is 43.7 Å². The topological polar surface area (TPSA) is 24.9 Å². The van der Waals surface area contributed by atoms with E-state index in [1.54, 1.807) is 11.3 Å². The Hall–Kier alpha value is -0.430. The van der Waals surface area contributed by atoms with Crippen LogP contribution >= 0.6 is 59.1 Å². The van der Waals surface area contributed by atoms with Crippen LogP contribution in [0.5, 0.6) is 0 Å². The van der Waals surface area contributed by atoms with Gasteiger partial charge in [-0.15, -0.1) is 0 Å². The number of fused-ring (bicyclic) bond motifs is 1. The number of nitrogens with one attached hydrogen (secondary N) is 1. The van der Waals surface area contributed by atoms with Crippen LogP contribution < -0.4 is 5.32 Å². The van der Waals surface area contributed by atoms with E-state index in [0.717, 1.165) is 29.8 Å². The van der Waals surface area contributed by atoms with Crippen LogP contribution in [0.4, 0.5) is 10.8 Å². The fourth-order valence-electron chi connectivity index (χ4n) is 1.86. The molecule has 20 heavy (non-hydrogen) atoms. The Bertz CT molecular complexity index is 775. The molecule has 0 radical (unpaired) electrons. The first-order valence-corrected chi connectivity index (χ1v) is 9.01. The van der Waals surface area contributed by atoms with Crippen molar-refractivity contribution in [2.75, 3.05) is 5.32 Å². The molecule has 3 rings (SSSR count). The zero-order valence-electron chi connectivity index (χ0n) is 10.4. The van der Waals surface area contributed by atoms with E-state index in [9.17, 15) is 0 Å². The van der Waals surface area contributed by atoms with Crippen LogP contribution in [-0.2, 0) is 0 Å². The van der Waals surface area contributed by atoms with E-state index >= 15 is 0 Å². The van der Waals surface area contributed by atoms with Crippen molar-refractivity contribution < 1.29 is 0 Å². The zero-order valence-corrected chi connectivity index (χ0v) is 16.0. The molecule has 0 saturated carbocycles. The number of hydrogen-bond donors (Lipinski definition) is 1. The smallest absolute Gasteiger partial charge is 0.188 e. The fraction of sp³-hybridized carbons (Fsp3) is 0.0714. The number of anilines is 2. The van der Waals surface area contributed by atoms with Crippen LogP contribution in [0.2, 0.25) is 0 Å². The van der Waals surface area contributed by atoms with Gasteiger partial charge in [-0.2, -0.15) is 0 Å². The minimum absolute atomic E-state index is 0.884. The fourth-order valence-corrected chi connectivity index (χ4v) is 5.17. The van der Waals surface area contributed by atoms with Crippen LogP contribution in [0.25, 0.3) is 10.2 Å². The quantitative estimate of drug-likeness (QED) is 0.448. The summed E-state index contributed by atoms with van der Waals surface area (Å²) in [6.07, 6.45) is 0. The Labute approximate surface area is 146 Å². The van der Waals surface area contributed by atoms with Gasteiger partial charge in [0.2, 0.25) is 0 Å². The zero-order chi connectivity index (χ0) is 14.3. The molecular weight excluding hydrogens is 468 g/mol. The molecule has 1 aromatic heterocycles. The highest BCUT2D eigenvalue weighted by Gasteiger charge is 2.10. The Morgan fingerprint density at radius 1 is 1.05 bits per heavy atom. The number of halogens is 3. The van der Waals surface area contributed by atoms with Crippen molar-refractivity contribution in [2.45, 2.75) is 6.92 Å². The Kier molecular flexibility index (Phi) is 4.17. The normalized spacial score (nSPS) is 11.0. The maximum absolute atomic E-state index is 4.63. The molecule has 2 nitrogen and oxygen atoms in total. The Morgan fingerprint density at radius 3 is 2.45 bits per heavy atom. The second-order valence-corrected chi connectivity index (χ2v) is 8.01. The number of aryl methyl sites for hydroxylation is 1. The highest BCUT2D eigenvalue weighted by molar-refractivity contribution is 9.11. The molecule has 6 heteroatoms. The molecule has 2 aromatic carbocycles. The summed E-state index contributed by atoms with van der Waals surface area (Å²) in [6, 6.07) is 10.3.